The van der Waals surface area contributed by atoms with Crippen molar-refractivity contribution in [2.45, 2.75) is 63.7 Å². The second kappa shape index (κ2) is 21.5. The quantitative estimate of drug-likeness (QED) is 0.0557. The highest BCUT2D eigenvalue weighted by Crippen LogP contribution is 2.42. The Hall–Kier alpha value is -5.71. The van der Waals surface area contributed by atoms with E-state index in [9.17, 15) is 9.59 Å². The number of methoxy groups -OCH3 is 2. The molecule has 15 heteroatoms. The van der Waals surface area contributed by atoms with Crippen molar-refractivity contribution in [2.75, 3.05) is 93.2 Å². The van der Waals surface area contributed by atoms with Crippen LogP contribution in [0.4, 0.5) is 28.4 Å². The minimum Gasteiger partial charge on any atom is -0.493 e. The molecule has 4 heterocycles. The molecule has 0 unspecified atom stereocenters. The zero-order valence-electron chi connectivity index (χ0n) is 40.2. The summed E-state index contributed by atoms with van der Waals surface area (Å²) in [6.07, 6.45) is 5.51. The second-order valence-corrected chi connectivity index (χ2v) is 21.4. The highest BCUT2D eigenvalue weighted by atomic mass is 33.1. The number of aliphatic imine (C=N–C) groups is 1. The molecular weight excluding hydrogens is 911 g/mol. The van der Waals surface area contributed by atoms with Crippen molar-refractivity contribution in [1.29, 1.82) is 0 Å². The third-order valence-corrected chi connectivity index (χ3v) is 15.5. The summed E-state index contributed by atoms with van der Waals surface area (Å²) in [7, 11) is 6.85. The average molecular weight is 972 g/mol. The number of hydrogen-bond acceptors (Lipinski definition) is 13. The summed E-state index contributed by atoms with van der Waals surface area (Å²) in [5.41, 5.74) is 10.3. The summed E-state index contributed by atoms with van der Waals surface area (Å²) in [5, 5.41) is 3.55. The molecule has 0 aromatic heterocycles. The standard InChI is InChI=1S/C54H61N5O8S2/c1-35-21-43-45(55-30-41-25-38-11-7-9-13-47(38)58(41)52(43)60)28-49(35)66-32-36-22-37(24-40(23-36)57(34-54(2,3)69-68-6)15-16-64-19-20-65-18-17-62-4)33-67-51-29-46-44(27-50(51)63-5)53(61)59-42(31-56-46)26-39-12-8-10-14-48(39)59/h7-14,21-24,27-30,41-42,56H,15-20,25-26,31-34H2,1-6H3/t41-,42-/m0/s1. The van der Waals surface area contributed by atoms with Gasteiger partial charge < -0.3 is 43.5 Å². The van der Waals surface area contributed by atoms with Crippen LogP contribution in [-0.2, 0) is 40.3 Å². The van der Waals surface area contributed by atoms with Crippen molar-refractivity contribution >= 4 is 68.1 Å². The van der Waals surface area contributed by atoms with Crippen LogP contribution in [0.1, 0.15) is 62.4 Å². The molecule has 5 aromatic rings. The molecule has 0 aliphatic carbocycles. The van der Waals surface area contributed by atoms with E-state index < -0.39 is 0 Å². The van der Waals surface area contributed by atoms with Gasteiger partial charge in [0.2, 0.25) is 0 Å². The minimum atomic E-state index is -0.141. The lowest BCUT2D eigenvalue weighted by Crippen LogP contribution is -2.39. The fourth-order valence-corrected chi connectivity index (χ4v) is 11.8. The molecule has 0 radical (unpaired) electrons. The molecule has 362 valence electrons. The molecule has 69 heavy (non-hydrogen) atoms. The van der Waals surface area contributed by atoms with Gasteiger partial charge >= 0.3 is 0 Å². The van der Waals surface area contributed by atoms with Gasteiger partial charge in [0, 0.05) is 73.3 Å². The Balaban J connectivity index is 0.989. The van der Waals surface area contributed by atoms with Crippen molar-refractivity contribution in [3.05, 3.63) is 130 Å². The maximum absolute atomic E-state index is 14.2. The van der Waals surface area contributed by atoms with Gasteiger partial charge in [-0.05, 0) is 104 Å². The second-order valence-electron chi connectivity index (χ2n) is 18.3. The molecule has 9 rings (SSSR count). The molecule has 0 fully saturated rings. The molecule has 0 saturated carbocycles. The Bertz CT molecular complexity index is 2710. The van der Waals surface area contributed by atoms with Crippen LogP contribution in [0.3, 0.4) is 0 Å². The number of anilines is 4. The predicted molar refractivity (Wildman–Crippen MR) is 278 cm³/mol. The van der Waals surface area contributed by atoms with E-state index >= 15 is 0 Å². The third-order valence-electron chi connectivity index (χ3n) is 12.9. The topological polar surface area (TPSA) is 124 Å². The van der Waals surface area contributed by atoms with Gasteiger partial charge in [-0.15, -0.1) is 0 Å². The highest BCUT2D eigenvalue weighted by molar-refractivity contribution is 8.77. The molecule has 4 aliphatic heterocycles. The molecule has 2 amide bonds. The molecule has 5 aromatic carbocycles. The summed E-state index contributed by atoms with van der Waals surface area (Å²) < 4.78 is 36.0. The summed E-state index contributed by atoms with van der Waals surface area (Å²) in [6.45, 7) is 11.5. The average Bonchev–Trinajstić information content (AvgIpc) is 3.84. The number of rotatable bonds is 21. The van der Waals surface area contributed by atoms with Crippen molar-refractivity contribution in [3.63, 3.8) is 0 Å². The Morgan fingerprint density at radius 2 is 1.42 bits per heavy atom. The van der Waals surface area contributed by atoms with Crippen LogP contribution >= 0.6 is 21.6 Å². The molecule has 2 atom stereocenters. The molecule has 1 N–H and O–H groups in total. The van der Waals surface area contributed by atoms with E-state index in [0.29, 0.717) is 85.9 Å². The molecular formula is C54H61N5O8S2. The first-order chi connectivity index (χ1) is 33.5. The van der Waals surface area contributed by atoms with Crippen LogP contribution in [-0.4, -0.2) is 108 Å². The van der Waals surface area contributed by atoms with Gasteiger partial charge in [-0.2, -0.15) is 0 Å². The smallest absolute Gasteiger partial charge is 0.261 e. The monoisotopic (exact) mass is 971 g/mol. The highest BCUT2D eigenvalue weighted by Gasteiger charge is 2.39. The van der Waals surface area contributed by atoms with Crippen molar-refractivity contribution in [2.24, 2.45) is 4.99 Å². The first kappa shape index (κ1) is 48.3. The lowest BCUT2D eigenvalue weighted by Gasteiger charge is -2.34. The van der Waals surface area contributed by atoms with Crippen LogP contribution < -0.4 is 34.2 Å². The van der Waals surface area contributed by atoms with Gasteiger partial charge in [0.15, 0.2) is 11.5 Å². The number of amides is 2. The number of para-hydroxylation sites is 2. The van der Waals surface area contributed by atoms with Crippen LogP contribution in [0.5, 0.6) is 17.2 Å². The van der Waals surface area contributed by atoms with Crippen LogP contribution in [0, 0.1) is 6.92 Å². The zero-order valence-corrected chi connectivity index (χ0v) is 41.9. The fraction of sp³-hybridized carbons (Fsp3) is 0.389. The van der Waals surface area contributed by atoms with Crippen molar-refractivity contribution in [1.82, 2.24) is 0 Å². The maximum atomic E-state index is 14.2. The van der Waals surface area contributed by atoms with Gasteiger partial charge in [0.1, 0.15) is 19.0 Å². The SMILES string of the molecule is COCCOCCOCCN(CC(C)(C)SSC)c1cc(COc2cc3c(cc2C)C(=O)N2c4ccccc4C[C@H]2C=N3)cc(COc2cc3c(cc2OC)C(=O)N2c4ccccc4C[C@H]2CN3)c1. The summed E-state index contributed by atoms with van der Waals surface area (Å²) in [5.74, 6) is 1.53. The van der Waals surface area contributed by atoms with Crippen LogP contribution in [0.2, 0.25) is 0 Å². The summed E-state index contributed by atoms with van der Waals surface area (Å²) in [4.78, 5) is 39.3. The number of carbonyl (C=O) groups is 2. The molecule has 13 nitrogen and oxygen atoms in total. The van der Waals surface area contributed by atoms with E-state index in [2.05, 4.69) is 60.7 Å². The third kappa shape index (κ3) is 10.7. The molecule has 4 aliphatic rings. The molecule has 0 bridgehead atoms. The summed E-state index contributed by atoms with van der Waals surface area (Å²) >= 11 is 0. The van der Waals surface area contributed by atoms with E-state index in [-0.39, 0.29) is 41.9 Å². The predicted octanol–water partition coefficient (Wildman–Crippen LogP) is 9.72. The maximum Gasteiger partial charge on any atom is 0.261 e. The zero-order chi connectivity index (χ0) is 48.1. The molecule has 0 saturated heterocycles. The van der Waals surface area contributed by atoms with Gasteiger partial charge in [0.05, 0.1) is 74.7 Å². The number of hydrogen-bond donors (Lipinski definition) is 1. The lowest BCUT2D eigenvalue weighted by molar-refractivity contribution is 0.0264. The number of ether oxygens (including phenoxy) is 6. The summed E-state index contributed by atoms with van der Waals surface area (Å²) in [6, 6.07) is 30.0. The Morgan fingerprint density at radius 3 is 2.14 bits per heavy atom. The molecule has 0 spiro atoms. The van der Waals surface area contributed by atoms with E-state index in [4.69, 9.17) is 33.4 Å². The van der Waals surface area contributed by atoms with Gasteiger partial charge in [-0.1, -0.05) is 58.0 Å². The largest absolute Gasteiger partial charge is 0.493 e. The number of carbonyl (C=O) groups excluding carboxylic acids is 2. The van der Waals surface area contributed by atoms with Crippen LogP contribution in [0.15, 0.2) is 96.0 Å². The number of nitrogens with one attached hydrogen (secondary N) is 1. The van der Waals surface area contributed by atoms with Gasteiger partial charge in [0.25, 0.3) is 11.8 Å². The number of aryl methyl sites for hydroxylation is 1. The number of benzene rings is 5. The van der Waals surface area contributed by atoms with Gasteiger partial charge in [-0.3, -0.25) is 19.5 Å². The number of fused-ring (bicyclic) bond motifs is 8. The Morgan fingerprint density at radius 1 is 0.754 bits per heavy atom. The first-order valence-electron chi connectivity index (χ1n) is 23.5. The van der Waals surface area contributed by atoms with E-state index in [1.165, 1.54) is 5.56 Å². The number of nitrogens with zero attached hydrogens (tertiary/aromatic N) is 4. The van der Waals surface area contributed by atoms with E-state index in [1.54, 1.807) is 31.1 Å². The van der Waals surface area contributed by atoms with E-state index in [0.717, 1.165) is 58.7 Å². The Kier molecular flexibility index (Phi) is 15.1. The Labute approximate surface area is 413 Å². The first-order valence-corrected chi connectivity index (χ1v) is 26.1. The van der Waals surface area contributed by atoms with Crippen molar-refractivity contribution in [3.8, 4) is 17.2 Å². The normalized spacial score (nSPS) is 16.7. The van der Waals surface area contributed by atoms with E-state index in [1.807, 2.05) is 88.3 Å². The lowest BCUT2D eigenvalue weighted by atomic mass is 10.1. The minimum absolute atomic E-state index is 0.00333. The van der Waals surface area contributed by atoms with Gasteiger partial charge in [-0.25, -0.2) is 0 Å². The van der Waals surface area contributed by atoms with Crippen LogP contribution in [0.25, 0.3) is 0 Å². The van der Waals surface area contributed by atoms with Crippen molar-refractivity contribution < 1.29 is 38.0 Å². The fourth-order valence-electron chi connectivity index (χ4n) is 9.68.